The Bertz CT molecular complexity index is 615. The molecule has 0 spiro atoms. The summed E-state index contributed by atoms with van der Waals surface area (Å²) in [5.41, 5.74) is 0.221. The van der Waals surface area contributed by atoms with Gasteiger partial charge < -0.3 is 5.32 Å². The van der Waals surface area contributed by atoms with Crippen molar-refractivity contribution in [3.05, 3.63) is 38.8 Å². The zero-order valence-electron chi connectivity index (χ0n) is 11.1. The van der Waals surface area contributed by atoms with Crippen LogP contribution in [0.5, 0.6) is 0 Å². The van der Waals surface area contributed by atoms with Gasteiger partial charge in [0.05, 0.1) is 17.8 Å². The van der Waals surface area contributed by atoms with E-state index in [1.54, 1.807) is 11.3 Å². The number of carbonyl (C=O) groups excluding carboxylic acids is 1. The minimum Gasteiger partial charge on any atom is -0.346 e. The summed E-state index contributed by atoms with van der Waals surface area (Å²) < 4.78 is 0. The van der Waals surface area contributed by atoms with Gasteiger partial charge in [-0.25, -0.2) is 9.97 Å². The molecule has 106 valence electrons. The van der Waals surface area contributed by atoms with E-state index in [0.29, 0.717) is 11.7 Å². The van der Waals surface area contributed by atoms with Gasteiger partial charge in [0.2, 0.25) is 0 Å². The highest BCUT2D eigenvalue weighted by atomic mass is 35.5. The molecule has 1 N–H and O–H groups in total. The summed E-state index contributed by atoms with van der Waals surface area (Å²) in [6.07, 6.45) is 4.31. The van der Waals surface area contributed by atoms with Crippen LogP contribution in [0.2, 0.25) is 5.02 Å². The Hall–Kier alpha value is -1.11. The molecule has 0 bridgehead atoms. The molecule has 0 aliphatic heterocycles. The van der Waals surface area contributed by atoms with Crippen molar-refractivity contribution >= 4 is 40.6 Å². The molecule has 0 saturated heterocycles. The molecule has 2 aromatic heterocycles. The van der Waals surface area contributed by atoms with Crippen molar-refractivity contribution in [3.8, 4) is 0 Å². The Morgan fingerprint density at radius 2 is 2.20 bits per heavy atom. The van der Waals surface area contributed by atoms with Gasteiger partial charge in [0.1, 0.15) is 0 Å². The van der Waals surface area contributed by atoms with Gasteiger partial charge >= 0.3 is 0 Å². The number of amides is 1. The molecule has 0 atom stereocenters. The number of nitrogens with zero attached hydrogens (tertiary/aromatic N) is 2. The van der Waals surface area contributed by atoms with Crippen LogP contribution in [0.25, 0.3) is 0 Å². The van der Waals surface area contributed by atoms with E-state index in [-0.39, 0.29) is 16.6 Å². The van der Waals surface area contributed by atoms with E-state index in [4.69, 9.17) is 11.6 Å². The number of nitrogens with one attached hydrogen (secondary N) is 1. The lowest BCUT2D eigenvalue weighted by Gasteiger charge is -2.05. The second-order valence-corrected chi connectivity index (χ2v) is 6.39. The van der Waals surface area contributed by atoms with Gasteiger partial charge in [0, 0.05) is 9.75 Å². The lowest BCUT2D eigenvalue weighted by Crippen LogP contribution is -2.24. The molecule has 0 radical (unpaired) electrons. The van der Waals surface area contributed by atoms with Gasteiger partial charge in [-0.15, -0.1) is 11.3 Å². The molecule has 4 nitrogen and oxygen atoms in total. The van der Waals surface area contributed by atoms with Gasteiger partial charge in [0.15, 0.2) is 10.9 Å². The predicted octanol–water partition coefficient (Wildman–Crippen LogP) is 3.41. The fourth-order valence-corrected chi connectivity index (χ4v) is 2.98. The van der Waals surface area contributed by atoms with Crippen LogP contribution in [0.3, 0.4) is 0 Å². The van der Waals surface area contributed by atoms with E-state index in [2.05, 4.69) is 28.3 Å². The highest BCUT2D eigenvalue weighted by Gasteiger charge is 2.14. The molecule has 1 amide bonds. The Kier molecular flexibility index (Phi) is 5.39. The molecule has 0 unspecified atom stereocenters. The van der Waals surface area contributed by atoms with Crippen LogP contribution in [0.4, 0.5) is 0 Å². The first-order valence-corrected chi connectivity index (χ1v) is 8.48. The number of thiophene rings is 1. The maximum absolute atomic E-state index is 12.1. The van der Waals surface area contributed by atoms with Crippen LogP contribution in [0, 0.1) is 0 Å². The van der Waals surface area contributed by atoms with Crippen molar-refractivity contribution in [1.82, 2.24) is 15.3 Å². The molecule has 0 fully saturated rings. The van der Waals surface area contributed by atoms with Crippen molar-refractivity contribution in [3.63, 3.8) is 0 Å². The summed E-state index contributed by atoms with van der Waals surface area (Å²) in [5.74, 6) is -0.279. The van der Waals surface area contributed by atoms with Crippen molar-refractivity contribution in [2.75, 3.05) is 6.26 Å². The topological polar surface area (TPSA) is 54.9 Å². The molecule has 2 heterocycles. The standard InChI is InChI=1S/C13H14ClN3OS2/c1-3-8-4-5-9(20-8)6-15-12(18)11-10(14)7-16-13(17-11)19-2/h4-5,7H,3,6H2,1-2H3,(H,15,18). The van der Waals surface area contributed by atoms with Crippen LogP contribution in [0.1, 0.15) is 27.2 Å². The molecule has 2 aromatic rings. The average molecular weight is 328 g/mol. The summed E-state index contributed by atoms with van der Waals surface area (Å²) in [4.78, 5) is 22.7. The first-order valence-electron chi connectivity index (χ1n) is 6.06. The predicted molar refractivity (Wildman–Crippen MR) is 83.7 cm³/mol. The normalized spacial score (nSPS) is 10.6. The Balaban J connectivity index is 2.04. The number of halogens is 1. The third-order valence-electron chi connectivity index (χ3n) is 2.61. The minimum atomic E-state index is -0.279. The third-order valence-corrected chi connectivity index (χ3v) is 4.68. The molecular formula is C13H14ClN3OS2. The fraction of sp³-hybridized carbons (Fsp3) is 0.308. The second kappa shape index (κ2) is 7.06. The molecule has 0 saturated carbocycles. The molecule has 7 heteroatoms. The number of rotatable bonds is 5. The summed E-state index contributed by atoms with van der Waals surface area (Å²) in [6.45, 7) is 2.59. The van der Waals surface area contributed by atoms with Crippen molar-refractivity contribution in [2.45, 2.75) is 25.0 Å². The number of hydrogen-bond acceptors (Lipinski definition) is 5. The minimum absolute atomic E-state index is 0.221. The number of thioether (sulfide) groups is 1. The van der Waals surface area contributed by atoms with Crippen LogP contribution < -0.4 is 5.32 Å². The summed E-state index contributed by atoms with van der Waals surface area (Å²) >= 11 is 9.03. The van der Waals surface area contributed by atoms with Crippen LogP contribution in [-0.4, -0.2) is 22.1 Å². The zero-order chi connectivity index (χ0) is 14.5. The van der Waals surface area contributed by atoms with Crippen molar-refractivity contribution < 1.29 is 4.79 Å². The maximum Gasteiger partial charge on any atom is 0.271 e. The van der Waals surface area contributed by atoms with E-state index in [0.717, 1.165) is 11.3 Å². The van der Waals surface area contributed by atoms with Gasteiger partial charge in [0.25, 0.3) is 5.91 Å². The summed E-state index contributed by atoms with van der Waals surface area (Å²) in [6, 6.07) is 4.11. The fourth-order valence-electron chi connectivity index (χ4n) is 1.57. The van der Waals surface area contributed by atoms with Gasteiger partial charge in [-0.3, -0.25) is 4.79 Å². The van der Waals surface area contributed by atoms with Gasteiger partial charge in [-0.2, -0.15) is 0 Å². The highest BCUT2D eigenvalue weighted by Crippen LogP contribution is 2.18. The Morgan fingerprint density at radius 1 is 1.45 bits per heavy atom. The SMILES string of the molecule is CCc1ccc(CNC(=O)c2nc(SC)ncc2Cl)s1. The number of carbonyl (C=O) groups is 1. The number of aromatic nitrogens is 2. The van der Waals surface area contributed by atoms with Crippen LogP contribution >= 0.6 is 34.7 Å². The molecule has 0 aromatic carbocycles. The molecule has 0 aliphatic carbocycles. The monoisotopic (exact) mass is 327 g/mol. The van der Waals surface area contributed by atoms with E-state index in [1.165, 1.54) is 22.8 Å². The van der Waals surface area contributed by atoms with E-state index < -0.39 is 0 Å². The smallest absolute Gasteiger partial charge is 0.271 e. The second-order valence-electron chi connectivity index (χ2n) is 3.96. The van der Waals surface area contributed by atoms with Gasteiger partial charge in [-0.05, 0) is 24.8 Å². The Morgan fingerprint density at radius 3 is 2.85 bits per heavy atom. The third kappa shape index (κ3) is 3.71. The summed E-state index contributed by atoms with van der Waals surface area (Å²) in [5, 5.41) is 3.63. The van der Waals surface area contributed by atoms with E-state index in [9.17, 15) is 4.79 Å². The molecule has 20 heavy (non-hydrogen) atoms. The van der Waals surface area contributed by atoms with Crippen molar-refractivity contribution in [2.24, 2.45) is 0 Å². The molecule has 0 aliphatic rings. The first-order chi connectivity index (χ1) is 9.63. The maximum atomic E-state index is 12.1. The number of aryl methyl sites for hydroxylation is 1. The van der Waals surface area contributed by atoms with Gasteiger partial charge in [-0.1, -0.05) is 30.3 Å². The van der Waals surface area contributed by atoms with Crippen molar-refractivity contribution in [1.29, 1.82) is 0 Å². The average Bonchev–Trinajstić information content (AvgIpc) is 2.93. The Labute approximate surface area is 131 Å². The van der Waals surface area contributed by atoms with E-state index >= 15 is 0 Å². The summed E-state index contributed by atoms with van der Waals surface area (Å²) in [7, 11) is 0. The first kappa shape index (κ1) is 15.3. The van der Waals surface area contributed by atoms with Crippen LogP contribution in [0.15, 0.2) is 23.5 Å². The molecule has 2 rings (SSSR count). The molecular weight excluding hydrogens is 314 g/mol. The highest BCUT2D eigenvalue weighted by molar-refractivity contribution is 7.98. The lowest BCUT2D eigenvalue weighted by molar-refractivity contribution is 0.0945. The quantitative estimate of drug-likeness (QED) is 0.675. The van der Waals surface area contributed by atoms with Crippen LogP contribution in [-0.2, 0) is 13.0 Å². The van der Waals surface area contributed by atoms with E-state index in [1.807, 2.05) is 12.3 Å². The number of hydrogen-bond donors (Lipinski definition) is 1. The largest absolute Gasteiger partial charge is 0.346 e. The zero-order valence-corrected chi connectivity index (χ0v) is 13.5. The lowest BCUT2D eigenvalue weighted by atomic mass is 10.3.